The van der Waals surface area contributed by atoms with E-state index in [0.717, 1.165) is 18.7 Å². The molecule has 0 bridgehead atoms. The zero-order chi connectivity index (χ0) is 14.3. The van der Waals surface area contributed by atoms with E-state index >= 15 is 0 Å². The second kappa shape index (κ2) is 7.79. The number of nitrogens with two attached hydrogens (primary N) is 1. The highest BCUT2D eigenvalue weighted by atomic mass is 16.2. The molecule has 0 aliphatic carbocycles. The number of likely N-dealkylation sites (N-methyl/N-ethyl adjacent to an activating group) is 1. The first-order valence-corrected chi connectivity index (χ1v) is 6.80. The lowest BCUT2D eigenvalue weighted by atomic mass is 10.0. The van der Waals surface area contributed by atoms with Crippen LogP contribution in [0.3, 0.4) is 0 Å². The predicted octanol–water partition coefficient (Wildman–Crippen LogP) is 1.61. The third-order valence-corrected chi connectivity index (χ3v) is 3.01. The van der Waals surface area contributed by atoms with Crippen molar-refractivity contribution in [1.29, 1.82) is 0 Å². The molecule has 1 rings (SSSR count). The molecule has 0 aliphatic heterocycles. The summed E-state index contributed by atoms with van der Waals surface area (Å²) in [6.07, 6.45) is 0.723. The molecule has 0 saturated heterocycles. The maximum absolute atomic E-state index is 11.7. The Kier molecular flexibility index (Phi) is 6.36. The van der Waals surface area contributed by atoms with Gasteiger partial charge in [0.2, 0.25) is 5.91 Å². The van der Waals surface area contributed by atoms with E-state index in [-0.39, 0.29) is 5.91 Å². The molecule has 4 nitrogen and oxygen atoms in total. The molecular weight excluding hydrogens is 238 g/mol. The zero-order valence-electron chi connectivity index (χ0n) is 12.1. The summed E-state index contributed by atoms with van der Waals surface area (Å²) in [5.41, 5.74) is 6.96. The average Bonchev–Trinajstić information content (AvgIpc) is 2.38. The zero-order valence-corrected chi connectivity index (χ0v) is 12.1. The fourth-order valence-electron chi connectivity index (χ4n) is 1.90. The first-order valence-electron chi connectivity index (χ1n) is 6.80. The van der Waals surface area contributed by atoms with Gasteiger partial charge in [-0.3, -0.25) is 4.79 Å². The molecule has 3 N–H and O–H groups in total. The van der Waals surface area contributed by atoms with E-state index in [1.54, 1.807) is 0 Å². The molecule has 0 aliphatic rings. The monoisotopic (exact) mass is 263 g/mol. The van der Waals surface area contributed by atoms with E-state index in [9.17, 15) is 4.79 Å². The Morgan fingerprint density at radius 2 is 1.95 bits per heavy atom. The molecule has 4 heteroatoms. The molecule has 0 radical (unpaired) electrons. The summed E-state index contributed by atoms with van der Waals surface area (Å²) in [6.45, 7) is 5.51. The molecule has 0 fully saturated rings. The fraction of sp³-hybridized carbons (Fsp3) is 0.533. The van der Waals surface area contributed by atoms with Crippen molar-refractivity contribution in [3.8, 4) is 0 Å². The van der Waals surface area contributed by atoms with Gasteiger partial charge in [0.25, 0.3) is 0 Å². The number of amides is 1. The number of rotatable bonds is 7. The molecule has 0 saturated carbocycles. The van der Waals surface area contributed by atoms with Crippen LogP contribution in [0.2, 0.25) is 0 Å². The van der Waals surface area contributed by atoms with Crippen LogP contribution in [0, 0.1) is 5.92 Å². The number of nitrogens with zero attached hydrogens (tertiary/aromatic N) is 1. The number of carbonyl (C=O) groups excluding carboxylic acids is 1. The summed E-state index contributed by atoms with van der Waals surface area (Å²) in [5.74, 6) is 0.378. The SMILES string of the molecule is CC(C)CC(N)C(=O)NCCN(C)c1ccccc1. The highest BCUT2D eigenvalue weighted by Crippen LogP contribution is 2.09. The van der Waals surface area contributed by atoms with Crippen LogP contribution in [0.15, 0.2) is 30.3 Å². The van der Waals surface area contributed by atoms with Crippen molar-refractivity contribution in [3.63, 3.8) is 0 Å². The first kappa shape index (κ1) is 15.5. The summed E-state index contributed by atoms with van der Waals surface area (Å²) >= 11 is 0. The Bertz CT molecular complexity index is 378. The number of para-hydroxylation sites is 1. The minimum Gasteiger partial charge on any atom is -0.373 e. The van der Waals surface area contributed by atoms with Crippen molar-refractivity contribution in [2.24, 2.45) is 11.7 Å². The van der Waals surface area contributed by atoms with Crippen molar-refractivity contribution in [1.82, 2.24) is 5.32 Å². The number of benzene rings is 1. The van der Waals surface area contributed by atoms with Gasteiger partial charge in [-0.2, -0.15) is 0 Å². The molecule has 19 heavy (non-hydrogen) atoms. The predicted molar refractivity (Wildman–Crippen MR) is 80.2 cm³/mol. The van der Waals surface area contributed by atoms with Gasteiger partial charge < -0.3 is 16.0 Å². The molecule has 1 amide bonds. The molecule has 1 unspecified atom stereocenters. The molecule has 106 valence electrons. The van der Waals surface area contributed by atoms with Gasteiger partial charge in [0.05, 0.1) is 6.04 Å². The van der Waals surface area contributed by atoms with Crippen molar-refractivity contribution >= 4 is 11.6 Å². The first-order chi connectivity index (χ1) is 9.00. The Labute approximate surface area is 116 Å². The average molecular weight is 263 g/mol. The van der Waals surface area contributed by atoms with Crippen LogP contribution in [0.25, 0.3) is 0 Å². The summed E-state index contributed by atoms with van der Waals surface area (Å²) in [5, 5.41) is 2.88. The lowest BCUT2D eigenvalue weighted by molar-refractivity contribution is -0.122. The normalized spacial score (nSPS) is 12.3. The van der Waals surface area contributed by atoms with Gasteiger partial charge in [-0.15, -0.1) is 0 Å². The van der Waals surface area contributed by atoms with E-state index < -0.39 is 6.04 Å². The third-order valence-electron chi connectivity index (χ3n) is 3.01. The summed E-state index contributed by atoms with van der Waals surface area (Å²) in [7, 11) is 2.01. The maximum atomic E-state index is 11.7. The van der Waals surface area contributed by atoms with Crippen LogP contribution in [0.4, 0.5) is 5.69 Å². The minimum absolute atomic E-state index is 0.0600. The Hall–Kier alpha value is -1.55. The van der Waals surface area contributed by atoms with Crippen LogP contribution >= 0.6 is 0 Å². The van der Waals surface area contributed by atoms with E-state index in [4.69, 9.17) is 5.73 Å². The molecule has 0 heterocycles. The number of hydrogen-bond donors (Lipinski definition) is 2. The Balaban J connectivity index is 2.28. The largest absolute Gasteiger partial charge is 0.373 e. The third kappa shape index (κ3) is 5.75. The van der Waals surface area contributed by atoms with Crippen LogP contribution < -0.4 is 16.0 Å². The number of nitrogens with one attached hydrogen (secondary N) is 1. The molecular formula is C15H25N3O. The van der Waals surface area contributed by atoms with Crippen molar-refractivity contribution in [2.45, 2.75) is 26.3 Å². The number of anilines is 1. The lowest BCUT2D eigenvalue weighted by Crippen LogP contribution is -2.43. The quantitative estimate of drug-likeness (QED) is 0.786. The van der Waals surface area contributed by atoms with Crippen LogP contribution in [0.1, 0.15) is 20.3 Å². The smallest absolute Gasteiger partial charge is 0.236 e. The van der Waals surface area contributed by atoms with E-state index in [0.29, 0.717) is 12.5 Å². The second-order valence-corrected chi connectivity index (χ2v) is 5.28. The maximum Gasteiger partial charge on any atom is 0.236 e. The topological polar surface area (TPSA) is 58.4 Å². The molecule has 1 aromatic carbocycles. The minimum atomic E-state index is -0.401. The summed E-state index contributed by atoms with van der Waals surface area (Å²) < 4.78 is 0. The van der Waals surface area contributed by atoms with Gasteiger partial charge in [-0.1, -0.05) is 32.0 Å². The Morgan fingerprint density at radius 1 is 1.32 bits per heavy atom. The van der Waals surface area contributed by atoms with Crippen LogP contribution in [-0.4, -0.2) is 32.1 Å². The lowest BCUT2D eigenvalue weighted by Gasteiger charge is -2.20. The van der Waals surface area contributed by atoms with Crippen molar-refractivity contribution in [3.05, 3.63) is 30.3 Å². The number of carbonyl (C=O) groups is 1. The van der Waals surface area contributed by atoms with Crippen LogP contribution in [0.5, 0.6) is 0 Å². The van der Waals surface area contributed by atoms with Gasteiger partial charge in [0.1, 0.15) is 0 Å². The van der Waals surface area contributed by atoms with Gasteiger partial charge in [0, 0.05) is 25.8 Å². The molecule has 1 atom stereocenters. The summed E-state index contributed by atoms with van der Waals surface area (Å²) in [4.78, 5) is 13.8. The van der Waals surface area contributed by atoms with Gasteiger partial charge >= 0.3 is 0 Å². The number of hydrogen-bond acceptors (Lipinski definition) is 3. The molecule has 0 aromatic heterocycles. The second-order valence-electron chi connectivity index (χ2n) is 5.28. The fourth-order valence-corrected chi connectivity index (χ4v) is 1.90. The van der Waals surface area contributed by atoms with E-state index in [2.05, 4.69) is 24.1 Å². The van der Waals surface area contributed by atoms with Gasteiger partial charge in [-0.25, -0.2) is 0 Å². The highest BCUT2D eigenvalue weighted by Gasteiger charge is 2.14. The van der Waals surface area contributed by atoms with Crippen LogP contribution in [-0.2, 0) is 4.79 Å². The summed E-state index contributed by atoms with van der Waals surface area (Å²) in [6, 6.07) is 9.69. The van der Waals surface area contributed by atoms with E-state index in [1.165, 1.54) is 0 Å². The standard InChI is InChI=1S/C15H25N3O/c1-12(2)11-14(16)15(19)17-9-10-18(3)13-7-5-4-6-8-13/h4-8,12,14H,9-11,16H2,1-3H3,(H,17,19). The highest BCUT2D eigenvalue weighted by molar-refractivity contribution is 5.81. The Morgan fingerprint density at radius 3 is 2.53 bits per heavy atom. The van der Waals surface area contributed by atoms with Gasteiger partial charge in [0.15, 0.2) is 0 Å². The van der Waals surface area contributed by atoms with Gasteiger partial charge in [-0.05, 0) is 24.5 Å². The van der Waals surface area contributed by atoms with Crippen molar-refractivity contribution < 1.29 is 4.79 Å². The molecule has 0 spiro atoms. The molecule has 1 aromatic rings. The van der Waals surface area contributed by atoms with E-state index in [1.807, 2.05) is 37.4 Å². The van der Waals surface area contributed by atoms with Crippen molar-refractivity contribution in [2.75, 3.05) is 25.0 Å².